The summed E-state index contributed by atoms with van der Waals surface area (Å²) in [6.45, 7) is 3.88. The molecule has 1 aliphatic heterocycles. The predicted octanol–water partition coefficient (Wildman–Crippen LogP) is 3.26. The fraction of sp³-hybridized carbons (Fsp3) is 0.625. The summed E-state index contributed by atoms with van der Waals surface area (Å²) < 4.78 is 1.62. The predicted molar refractivity (Wildman–Crippen MR) is 83.4 cm³/mol. The Morgan fingerprint density at radius 3 is 2.11 bits per heavy atom. The Morgan fingerprint density at radius 2 is 1.56 bits per heavy atom. The van der Waals surface area contributed by atoms with E-state index < -0.39 is 13.3 Å². The molecule has 0 amide bonds. The first kappa shape index (κ1) is 14.1. The first-order valence-corrected chi connectivity index (χ1v) is 14.7. The minimum absolute atomic E-state index is 1.22. The van der Waals surface area contributed by atoms with Crippen molar-refractivity contribution in [3.63, 3.8) is 0 Å². The third-order valence-corrected chi connectivity index (χ3v) is 8.32. The maximum atomic E-state index is 2.62. The third kappa shape index (κ3) is 4.13. The van der Waals surface area contributed by atoms with E-state index in [1.165, 1.54) is 50.9 Å². The summed E-state index contributed by atoms with van der Waals surface area (Å²) in [6, 6.07) is 9.47. The van der Waals surface area contributed by atoms with Crippen molar-refractivity contribution >= 4 is 17.7 Å². The van der Waals surface area contributed by atoms with Crippen LogP contribution in [0.2, 0.25) is 17.3 Å². The van der Waals surface area contributed by atoms with E-state index in [0.717, 1.165) is 0 Å². The Kier molecular flexibility index (Phi) is 4.91. The van der Waals surface area contributed by atoms with Gasteiger partial charge in [0.05, 0.1) is 0 Å². The van der Waals surface area contributed by atoms with E-state index in [4.69, 9.17) is 0 Å². The molecule has 2 heteroatoms. The molecule has 1 fully saturated rings. The van der Waals surface area contributed by atoms with Crippen molar-refractivity contribution in [2.24, 2.45) is 0 Å². The summed E-state index contributed by atoms with van der Waals surface area (Å²) >= 11 is -1.61. The van der Waals surface area contributed by atoms with Crippen LogP contribution in [0.15, 0.2) is 24.3 Å². The van der Waals surface area contributed by atoms with E-state index in [1.54, 1.807) is 4.40 Å². The number of benzene rings is 1. The number of rotatable bonds is 4. The molecule has 1 heterocycles. The molecule has 0 saturated carbocycles. The van der Waals surface area contributed by atoms with Crippen molar-refractivity contribution < 1.29 is 0 Å². The van der Waals surface area contributed by atoms with Crippen LogP contribution in [-0.4, -0.2) is 37.8 Å². The van der Waals surface area contributed by atoms with E-state index in [9.17, 15) is 0 Å². The summed E-state index contributed by atoms with van der Waals surface area (Å²) in [5.41, 5.74) is 1.51. The van der Waals surface area contributed by atoms with Gasteiger partial charge >= 0.3 is 115 Å². The van der Waals surface area contributed by atoms with Gasteiger partial charge in [-0.3, -0.25) is 0 Å². The van der Waals surface area contributed by atoms with Gasteiger partial charge in [-0.15, -0.1) is 0 Å². The number of nitrogens with zero attached hydrogens (tertiary/aromatic N) is 1. The van der Waals surface area contributed by atoms with Crippen molar-refractivity contribution in [1.82, 2.24) is 4.90 Å². The van der Waals surface area contributed by atoms with Crippen LogP contribution in [-0.2, 0) is 6.42 Å². The molecule has 1 nitrogen and oxygen atoms in total. The van der Waals surface area contributed by atoms with E-state index in [0.29, 0.717) is 0 Å². The van der Waals surface area contributed by atoms with Crippen LogP contribution in [0.1, 0.15) is 24.8 Å². The molecule has 0 radical (unpaired) electrons. The van der Waals surface area contributed by atoms with Crippen LogP contribution < -0.4 is 4.40 Å². The molecule has 0 unspecified atom stereocenters. The monoisotopic (exact) mass is 307 g/mol. The molecular formula is C16H27GeN. The zero-order valence-electron chi connectivity index (χ0n) is 12.2. The summed E-state index contributed by atoms with van der Waals surface area (Å²) in [6.07, 6.45) is 5.45. The van der Waals surface area contributed by atoms with Gasteiger partial charge in [0.25, 0.3) is 0 Å². The van der Waals surface area contributed by atoms with Gasteiger partial charge in [0.15, 0.2) is 0 Å². The van der Waals surface area contributed by atoms with Crippen LogP contribution in [0.5, 0.6) is 0 Å². The number of likely N-dealkylation sites (tertiary alicyclic amines) is 1. The Bertz CT molecular complexity index is 358. The zero-order valence-corrected chi connectivity index (χ0v) is 14.3. The molecule has 2 rings (SSSR count). The molecule has 0 atom stereocenters. The van der Waals surface area contributed by atoms with Gasteiger partial charge in [-0.2, -0.15) is 0 Å². The van der Waals surface area contributed by atoms with Gasteiger partial charge in [0, 0.05) is 0 Å². The van der Waals surface area contributed by atoms with E-state index >= 15 is 0 Å². The maximum absolute atomic E-state index is 2.62. The van der Waals surface area contributed by atoms with Crippen molar-refractivity contribution in [1.29, 1.82) is 0 Å². The van der Waals surface area contributed by atoms with E-state index in [-0.39, 0.29) is 0 Å². The van der Waals surface area contributed by atoms with Crippen molar-refractivity contribution in [2.75, 3.05) is 19.6 Å². The standard InChI is InChI=1S/C16H27GeN/c1-17(2,3)16-9-7-15(8-10-16)11-14-18-12-5-4-6-13-18/h7-10H,4-6,11-14H2,1-3H3. The fourth-order valence-electron chi connectivity index (χ4n) is 2.64. The van der Waals surface area contributed by atoms with Gasteiger partial charge in [0.2, 0.25) is 0 Å². The van der Waals surface area contributed by atoms with Crippen LogP contribution >= 0.6 is 0 Å². The SMILES string of the molecule is [CH3][Ge]([CH3])([CH3])[c]1ccc(CCN2CCCCC2)cc1. The first-order valence-electron chi connectivity index (χ1n) is 7.37. The summed E-state index contributed by atoms with van der Waals surface area (Å²) in [5.74, 6) is 7.38. The Balaban J connectivity index is 1.86. The average molecular weight is 306 g/mol. The molecular weight excluding hydrogens is 279 g/mol. The molecule has 1 aromatic carbocycles. The van der Waals surface area contributed by atoms with Crippen LogP contribution in [0.4, 0.5) is 0 Å². The molecule has 0 aromatic heterocycles. The molecule has 1 aromatic rings. The summed E-state index contributed by atoms with van der Waals surface area (Å²) in [4.78, 5) is 2.62. The van der Waals surface area contributed by atoms with E-state index in [1.807, 2.05) is 0 Å². The third-order valence-electron chi connectivity index (χ3n) is 3.99. The summed E-state index contributed by atoms with van der Waals surface area (Å²) in [5, 5.41) is 0. The number of hydrogen-bond acceptors (Lipinski definition) is 1. The van der Waals surface area contributed by atoms with Gasteiger partial charge in [-0.05, 0) is 0 Å². The molecule has 18 heavy (non-hydrogen) atoms. The van der Waals surface area contributed by atoms with Crippen LogP contribution in [0.25, 0.3) is 0 Å². The molecule has 0 N–H and O–H groups in total. The summed E-state index contributed by atoms with van der Waals surface area (Å²) in [7, 11) is 0. The van der Waals surface area contributed by atoms with Crippen molar-refractivity contribution in [3.05, 3.63) is 29.8 Å². The minimum atomic E-state index is -1.61. The Hall–Kier alpha value is -0.277. The fourth-order valence-corrected chi connectivity index (χ4v) is 5.09. The number of piperidine rings is 1. The Morgan fingerprint density at radius 1 is 0.944 bits per heavy atom. The van der Waals surface area contributed by atoms with Crippen molar-refractivity contribution in [3.8, 4) is 0 Å². The molecule has 1 saturated heterocycles. The van der Waals surface area contributed by atoms with Gasteiger partial charge < -0.3 is 0 Å². The van der Waals surface area contributed by atoms with Crippen LogP contribution in [0, 0.1) is 0 Å². The topological polar surface area (TPSA) is 3.24 Å². The molecule has 100 valence electrons. The number of hydrogen-bond donors (Lipinski definition) is 0. The average Bonchev–Trinajstić information content (AvgIpc) is 2.37. The van der Waals surface area contributed by atoms with E-state index in [2.05, 4.69) is 46.4 Å². The normalized spacial score (nSPS) is 17.9. The second-order valence-corrected chi connectivity index (χ2v) is 17.3. The van der Waals surface area contributed by atoms with Crippen molar-refractivity contribution in [2.45, 2.75) is 43.0 Å². The molecule has 1 aliphatic rings. The zero-order chi connectivity index (χ0) is 13.0. The first-order chi connectivity index (χ1) is 8.55. The van der Waals surface area contributed by atoms with Crippen LogP contribution in [0.3, 0.4) is 0 Å². The Labute approximate surface area is 115 Å². The molecule has 0 aliphatic carbocycles. The second kappa shape index (κ2) is 6.25. The molecule has 0 spiro atoms. The second-order valence-electron chi connectivity index (χ2n) is 6.60. The van der Waals surface area contributed by atoms with Gasteiger partial charge in [-0.1, -0.05) is 0 Å². The molecule has 0 bridgehead atoms. The van der Waals surface area contributed by atoms with Gasteiger partial charge in [-0.25, -0.2) is 0 Å². The van der Waals surface area contributed by atoms with Gasteiger partial charge in [0.1, 0.15) is 0 Å². The quantitative estimate of drug-likeness (QED) is 0.772.